The van der Waals surface area contributed by atoms with Crippen LogP contribution in [0, 0.1) is 5.92 Å². The first-order valence-electron chi connectivity index (χ1n) is 13.4. The topological polar surface area (TPSA) is 77.5 Å². The van der Waals surface area contributed by atoms with Crippen molar-refractivity contribution in [3.63, 3.8) is 0 Å². The van der Waals surface area contributed by atoms with E-state index in [1.54, 1.807) is 12.1 Å². The normalized spacial score (nSPS) is 20.7. The molecule has 2 aromatic rings. The summed E-state index contributed by atoms with van der Waals surface area (Å²) in [5.41, 5.74) is 2.25. The number of morpholine rings is 1. The Morgan fingerprint density at radius 1 is 1.10 bits per heavy atom. The van der Waals surface area contributed by atoms with Gasteiger partial charge in [-0.2, -0.15) is 13.2 Å². The van der Waals surface area contributed by atoms with Crippen molar-refractivity contribution in [3.05, 3.63) is 58.6 Å². The molecular weight excluding hydrogens is 559 g/mol. The largest absolute Gasteiger partial charge is 0.414 e. The molecule has 0 aliphatic carbocycles. The molecule has 41 heavy (non-hydrogen) atoms. The lowest BCUT2D eigenvalue weighted by Gasteiger charge is -2.35. The molecule has 0 saturated carbocycles. The number of hydrogen-bond acceptors (Lipinski definition) is 6. The van der Waals surface area contributed by atoms with Crippen LogP contribution in [-0.2, 0) is 20.9 Å². The van der Waals surface area contributed by atoms with Crippen molar-refractivity contribution in [3.8, 4) is 11.1 Å². The van der Waals surface area contributed by atoms with Gasteiger partial charge in [0.2, 0.25) is 5.91 Å². The minimum Gasteiger partial charge on any atom is -0.379 e. The maximum absolute atomic E-state index is 13.7. The molecule has 2 saturated heterocycles. The predicted molar refractivity (Wildman–Crippen MR) is 152 cm³/mol. The van der Waals surface area contributed by atoms with Gasteiger partial charge in [-0.25, -0.2) is 4.99 Å². The SMILES string of the molecule is CN1CCN(c2cc(Cl)c(-c3cccc(CN4CCOCC4)c3)cc2NC(=O)C2C=NC(=O)C=C2C(F)(F)F)CC1. The van der Waals surface area contributed by atoms with Gasteiger partial charge in [0, 0.05) is 63.7 Å². The average Bonchev–Trinajstić information content (AvgIpc) is 2.94. The molecule has 2 amide bonds. The second kappa shape index (κ2) is 12.3. The van der Waals surface area contributed by atoms with Gasteiger partial charge >= 0.3 is 6.18 Å². The zero-order valence-electron chi connectivity index (χ0n) is 22.6. The number of benzene rings is 2. The van der Waals surface area contributed by atoms with E-state index in [9.17, 15) is 22.8 Å². The van der Waals surface area contributed by atoms with Crippen molar-refractivity contribution in [2.24, 2.45) is 10.9 Å². The number of nitrogens with zero attached hydrogens (tertiary/aromatic N) is 4. The average molecular weight is 590 g/mol. The Hall–Kier alpha value is -3.25. The molecule has 0 radical (unpaired) electrons. The number of likely N-dealkylation sites (N-methyl/N-ethyl adjacent to an activating group) is 1. The Bertz CT molecular complexity index is 1370. The summed E-state index contributed by atoms with van der Waals surface area (Å²) in [5, 5.41) is 3.16. The number of dihydropyridines is 1. The van der Waals surface area contributed by atoms with Crippen LogP contribution in [0.1, 0.15) is 5.56 Å². The summed E-state index contributed by atoms with van der Waals surface area (Å²) in [4.78, 5) is 34.8. The zero-order valence-corrected chi connectivity index (χ0v) is 23.3. The van der Waals surface area contributed by atoms with Gasteiger partial charge in [0.05, 0.1) is 35.2 Å². The highest BCUT2D eigenvalue weighted by Crippen LogP contribution is 2.40. The van der Waals surface area contributed by atoms with E-state index in [1.807, 2.05) is 31.3 Å². The van der Waals surface area contributed by atoms with Gasteiger partial charge in [-0.05, 0) is 36.4 Å². The molecule has 0 aromatic heterocycles. The quantitative estimate of drug-likeness (QED) is 0.543. The number of carbonyl (C=O) groups excluding carboxylic acids is 2. The fraction of sp³-hybridized carbons (Fsp3) is 0.414. The van der Waals surface area contributed by atoms with E-state index in [-0.39, 0.29) is 0 Å². The van der Waals surface area contributed by atoms with Gasteiger partial charge < -0.3 is 19.9 Å². The van der Waals surface area contributed by atoms with Crippen LogP contribution in [0.4, 0.5) is 24.5 Å². The van der Waals surface area contributed by atoms with E-state index in [4.69, 9.17) is 16.3 Å². The number of nitrogens with one attached hydrogen (secondary N) is 1. The van der Waals surface area contributed by atoms with Crippen LogP contribution in [0.25, 0.3) is 11.1 Å². The van der Waals surface area contributed by atoms with Crippen LogP contribution >= 0.6 is 11.6 Å². The van der Waals surface area contributed by atoms with Gasteiger partial charge in [-0.15, -0.1) is 0 Å². The molecule has 0 bridgehead atoms. The number of halogens is 4. The smallest absolute Gasteiger partial charge is 0.379 e. The van der Waals surface area contributed by atoms with E-state index < -0.39 is 29.5 Å². The number of ether oxygens (including phenoxy) is 1. The summed E-state index contributed by atoms with van der Waals surface area (Å²) in [6, 6.07) is 11.4. The summed E-state index contributed by atoms with van der Waals surface area (Å²) in [6.07, 6.45) is -3.74. The highest BCUT2D eigenvalue weighted by Gasteiger charge is 2.43. The minimum atomic E-state index is -4.86. The van der Waals surface area contributed by atoms with Crippen LogP contribution in [0.2, 0.25) is 5.02 Å². The molecule has 12 heteroatoms. The molecule has 8 nitrogen and oxygen atoms in total. The number of alkyl halides is 3. The Kier molecular flexibility index (Phi) is 8.79. The van der Waals surface area contributed by atoms with Crippen molar-refractivity contribution >= 4 is 41.0 Å². The highest BCUT2D eigenvalue weighted by molar-refractivity contribution is 6.34. The predicted octanol–water partition coefficient (Wildman–Crippen LogP) is 4.25. The van der Waals surface area contributed by atoms with E-state index >= 15 is 0 Å². The molecular formula is C29H31ClF3N5O3. The molecule has 0 spiro atoms. The summed E-state index contributed by atoms with van der Waals surface area (Å²) >= 11 is 6.82. The van der Waals surface area contributed by atoms with Crippen LogP contribution in [0.5, 0.6) is 0 Å². The molecule has 218 valence electrons. The maximum Gasteiger partial charge on any atom is 0.414 e. The molecule has 2 aromatic carbocycles. The van der Waals surface area contributed by atoms with Gasteiger partial charge in [-0.1, -0.05) is 29.8 Å². The van der Waals surface area contributed by atoms with Gasteiger partial charge in [0.25, 0.3) is 5.91 Å². The standard InChI is InChI=1S/C29H31ClF3N5O3/c1-36-5-7-38(8-6-36)26-16-24(30)21(20-4-2-3-19(13-20)18-37-9-11-41-12-10-37)14-25(26)35-28(40)22-17-34-27(39)15-23(22)29(31,32)33/h2-4,13-17,22H,5-12,18H2,1H3,(H,35,40). The monoisotopic (exact) mass is 589 g/mol. The third kappa shape index (κ3) is 6.98. The fourth-order valence-electron chi connectivity index (χ4n) is 5.21. The third-order valence-corrected chi connectivity index (χ3v) is 7.82. The lowest BCUT2D eigenvalue weighted by Crippen LogP contribution is -2.45. The summed E-state index contributed by atoms with van der Waals surface area (Å²) in [5.74, 6) is -3.75. The van der Waals surface area contributed by atoms with Gasteiger partial charge in [0.15, 0.2) is 0 Å². The van der Waals surface area contributed by atoms with E-state index in [0.29, 0.717) is 54.3 Å². The van der Waals surface area contributed by atoms with Crippen LogP contribution in [0.15, 0.2) is 53.0 Å². The Morgan fingerprint density at radius 2 is 1.83 bits per heavy atom. The van der Waals surface area contributed by atoms with Crippen LogP contribution < -0.4 is 10.2 Å². The van der Waals surface area contributed by atoms with Crippen LogP contribution in [-0.4, -0.2) is 93.5 Å². The van der Waals surface area contributed by atoms with E-state index in [1.165, 1.54) is 0 Å². The van der Waals surface area contributed by atoms with Crippen molar-refractivity contribution in [2.75, 3.05) is 69.7 Å². The molecule has 1 unspecified atom stereocenters. The van der Waals surface area contributed by atoms with Crippen LogP contribution in [0.3, 0.4) is 0 Å². The summed E-state index contributed by atoms with van der Waals surface area (Å²) in [7, 11) is 2.01. The molecule has 1 atom stereocenters. The molecule has 3 aliphatic heterocycles. The fourth-order valence-corrected chi connectivity index (χ4v) is 5.48. The van der Waals surface area contributed by atoms with E-state index in [0.717, 1.165) is 50.1 Å². The van der Waals surface area contributed by atoms with Crippen molar-refractivity contribution in [1.29, 1.82) is 0 Å². The van der Waals surface area contributed by atoms with Crippen molar-refractivity contribution in [2.45, 2.75) is 12.7 Å². The highest BCUT2D eigenvalue weighted by atomic mass is 35.5. The molecule has 5 rings (SSSR count). The third-order valence-electron chi connectivity index (χ3n) is 7.51. The molecule has 3 aliphatic rings. The first kappa shape index (κ1) is 29.2. The second-order valence-corrected chi connectivity index (χ2v) is 10.8. The Morgan fingerprint density at radius 3 is 2.54 bits per heavy atom. The lowest BCUT2D eigenvalue weighted by molar-refractivity contribution is -0.124. The minimum absolute atomic E-state index is 0.337. The number of anilines is 2. The number of aliphatic imine (C=N–C) groups is 1. The zero-order chi connectivity index (χ0) is 29.1. The molecule has 1 N–H and O–H groups in total. The number of amides is 2. The Balaban J connectivity index is 1.48. The maximum atomic E-state index is 13.7. The van der Waals surface area contributed by atoms with Gasteiger partial charge in [0.1, 0.15) is 5.92 Å². The number of carbonyl (C=O) groups is 2. The first-order chi connectivity index (χ1) is 19.6. The number of rotatable bonds is 6. The first-order valence-corrected chi connectivity index (χ1v) is 13.8. The molecule has 3 heterocycles. The van der Waals surface area contributed by atoms with Crippen molar-refractivity contribution in [1.82, 2.24) is 9.80 Å². The molecule has 2 fully saturated rings. The summed E-state index contributed by atoms with van der Waals surface area (Å²) < 4.78 is 46.6. The second-order valence-electron chi connectivity index (χ2n) is 10.4. The van der Waals surface area contributed by atoms with E-state index in [2.05, 4.69) is 25.0 Å². The van der Waals surface area contributed by atoms with Crippen molar-refractivity contribution < 1.29 is 27.5 Å². The summed E-state index contributed by atoms with van der Waals surface area (Å²) in [6.45, 7) is 6.64. The Labute approximate surface area is 241 Å². The number of piperazine rings is 1. The number of hydrogen-bond donors (Lipinski definition) is 1. The van der Waals surface area contributed by atoms with Gasteiger partial charge in [-0.3, -0.25) is 14.5 Å². The lowest BCUT2D eigenvalue weighted by atomic mass is 9.95.